The van der Waals surface area contributed by atoms with E-state index in [9.17, 15) is 4.39 Å². The van der Waals surface area contributed by atoms with E-state index in [1.54, 1.807) is 17.4 Å². The van der Waals surface area contributed by atoms with Gasteiger partial charge in [-0.05, 0) is 47.2 Å². The molecule has 0 atom stereocenters. The van der Waals surface area contributed by atoms with Crippen molar-refractivity contribution in [2.45, 2.75) is 0 Å². The van der Waals surface area contributed by atoms with Crippen LogP contribution in [0.15, 0.2) is 47.8 Å². The Morgan fingerprint density at radius 2 is 2.00 bits per heavy atom. The molecule has 20 heavy (non-hydrogen) atoms. The summed E-state index contributed by atoms with van der Waals surface area (Å²) in [6, 6.07) is 13.3. The van der Waals surface area contributed by atoms with Crippen LogP contribution in [0.25, 0.3) is 20.3 Å². The van der Waals surface area contributed by atoms with E-state index in [0.29, 0.717) is 10.6 Å². The van der Waals surface area contributed by atoms with Gasteiger partial charge in [-0.2, -0.15) is 0 Å². The summed E-state index contributed by atoms with van der Waals surface area (Å²) in [5.74, 6) is -0.278. The molecule has 0 aliphatic heterocycles. The number of para-hydroxylation sites is 1. The molecule has 0 saturated carbocycles. The predicted octanol–water partition coefficient (Wildman–Crippen LogP) is 5.39. The van der Waals surface area contributed by atoms with Crippen LogP contribution in [0.4, 0.5) is 15.2 Å². The van der Waals surface area contributed by atoms with Gasteiger partial charge in [-0.15, -0.1) is 11.3 Å². The van der Waals surface area contributed by atoms with Gasteiger partial charge in [-0.1, -0.05) is 17.4 Å². The second-order valence-corrected chi connectivity index (χ2v) is 6.38. The van der Waals surface area contributed by atoms with Gasteiger partial charge in [0.05, 0.1) is 4.70 Å². The van der Waals surface area contributed by atoms with Gasteiger partial charge in [-0.3, -0.25) is 0 Å². The number of nitrogens with one attached hydrogen (secondary N) is 1. The smallest absolute Gasteiger partial charge is 0.188 e. The Bertz CT molecular complexity index is 910. The number of nitrogens with zero attached hydrogens (tertiary/aromatic N) is 1. The summed E-state index contributed by atoms with van der Waals surface area (Å²) in [6.07, 6.45) is 0. The molecule has 0 unspecified atom stereocenters. The van der Waals surface area contributed by atoms with E-state index < -0.39 is 0 Å². The summed E-state index contributed by atoms with van der Waals surface area (Å²) < 4.78 is 15.7. The Morgan fingerprint density at radius 3 is 2.90 bits per heavy atom. The lowest BCUT2D eigenvalue weighted by Crippen LogP contribution is -1.88. The van der Waals surface area contributed by atoms with Crippen LogP contribution in [-0.4, -0.2) is 4.98 Å². The number of aromatic nitrogens is 1. The molecule has 0 fully saturated rings. The van der Waals surface area contributed by atoms with Crippen LogP contribution in [0.3, 0.4) is 0 Å². The topological polar surface area (TPSA) is 24.9 Å². The van der Waals surface area contributed by atoms with Crippen molar-refractivity contribution in [3.63, 3.8) is 0 Å². The van der Waals surface area contributed by atoms with Crippen LogP contribution in [0.1, 0.15) is 0 Å². The molecule has 0 amide bonds. The largest absolute Gasteiger partial charge is 0.331 e. The lowest BCUT2D eigenvalue weighted by Gasteiger charge is -2.01. The monoisotopic (exact) mass is 300 g/mol. The van der Waals surface area contributed by atoms with E-state index in [4.69, 9.17) is 0 Å². The molecule has 0 saturated heterocycles. The summed E-state index contributed by atoms with van der Waals surface area (Å²) in [6.45, 7) is 0. The number of rotatable bonds is 2. The third-order valence-electron chi connectivity index (χ3n) is 3.07. The van der Waals surface area contributed by atoms with Gasteiger partial charge in [-0.25, -0.2) is 9.37 Å². The maximum atomic E-state index is 13.6. The normalized spacial score (nSPS) is 11.2. The van der Waals surface area contributed by atoms with E-state index >= 15 is 0 Å². The molecular formula is C15H9FN2S2. The van der Waals surface area contributed by atoms with Crippen molar-refractivity contribution in [1.29, 1.82) is 0 Å². The summed E-state index contributed by atoms with van der Waals surface area (Å²) in [5, 5.41) is 7.23. The number of thiophene rings is 1. The maximum Gasteiger partial charge on any atom is 0.188 e. The lowest BCUT2D eigenvalue weighted by atomic mass is 10.2. The molecule has 5 heteroatoms. The predicted molar refractivity (Wildman–Crippen MR) is 84.7 cm³/mol. The van der Waals surface area contributed by atoms with Gasteiger partial charge < -0.3 is 5.32 Å². The highest BCUT2D eigenvalue weighted by Gasteiger charge is 2.08. The fraction of sp³-hybridized carbons (Fsp3) is 0. The average Bonchev–Trinajstić information content (AvgIpc) is 3.05. The first-order valence-electron chi connectivity index (χ1n) is 6.09. The fourth-order valence-electron chi connectivity index (χ4n) is 2.14. The minimum absolute atomic E-state index is 0.278. The zero-order chi connectivity index (χ0) is 13.5. The summed E-state index contributed by atoms with van der Waals surface area (Å²) in [7, 11) is 0. The molecule has 0 spiro atoms. The number of halogens is 1. The molecular weight excluding hydrogens is 291 g/mol. The van der Waals surface area contributed by atoms with E-state index in [2.05, 4.69) is 33.9 Å². The highest BCUT2D eigenvalue weighted by atomic mass is 32.1. The van der Waals surface area contributed by atoms with Crippen molar-refractivity contribution in [3.8, 4) is 0 Å². The number of hydrogen-bond acceptors (Lipinski definition) is 4. The van der Waals surface area contributed by atoms with Crippen LogP contribution in [-0.2, 0) is 0 Å². The van der Waals surface area contributed by atoms with Gasteiger partial charge in [0, 0.05) is 10.4 Å². The van der Waals surface area contributed by atoms with Crippen molar-refractivity contribution in [3.05, 3.63) is 53.7 Å². The Kier molecular flexibility index (Phi) is 2.68. The standard InChI is InChI=1S/C15H9FN2S2/c16-11-2-1-3-13-14(11)18-15(20-13)17-10-4-5-12-9(8-10)6-7-19-12/h1-8H,(H,17,18). The third-order valence-corrected chi connectivity index (χ3v) is 4.91. The third kappa shape index (κ3) is 1.95. The minimum atomic E-state index is -0.278. The average molecular weight is 300 g/mol. The highest BCUT2D eigenvalue weighted by Crippen LogP contribution is 2.31. The fourth-order valence-corrected chi connectivity index (χ4v) is 3.81. The number of benzene rings is 2. The Morgan fingerprint density at radius 1 is 1.05 bits per heavy atom. The quantitative estimate of drug-likeness (QED) is 0.536. The zero-order valence-electron chi connectivity index (χ0n) is 10.3. The molecule has 4 rings (SSSR count). The molecule has 2 aromatic heterocycles. The number of hydrogen-bond donors (Lipinski definition) is 1. The molecule has 0 bridgehead atoms. The molecule has 1 N–H and O–H groups in total. The Balaban J connectivity index is 1.74. The molecule has 0 aliphatic carbocycles. The van der Waals surface area contributed by atoms with Crippen molar-refractivity contribution in [1.82, 2.24) is 4.98 Å². The molecule has 2 nitrogen and oxygen atoms in total. The van der Waals surface area contributed by atoms with Crippen molar-refractivity contribution >= 4 is 53.8 Å². The van der Waals surface area contributed by atoms with Gasteiger partial charge >= 0.3 is 0 Å². The van der Waals surface area contributed by atoms with Gasteiger partial charge in [0.25, 0.3) is 0 Å². The van der Waals surface area contributed by atoms with Gasteiger partial charge in [0.1, 0.15) is 11.3 Å². The van der Waals surface area contributed by atoms with Crippen LogP contribution >= 0.6 is 22.7 Å². The SMILES string of the molecule is Fc1cccc2sc(Nc3ccc4sccc4c3)nc12. The van der Waals surface area contributed by atoms with Gasteiger partial charge in [0.2, 0.25) is 0 Å². The first kappa shape index (κ1) is 11.8. The number of anilines is 2. The van der Waals surface area contributed by atoms with E-state index in [1.165, 1.54) is 27.5 Å². The zero-order valence-corrected chi connectivity index (χ0v) is 11.9. The summed E-state index contributed by atoms with van der Waals surface area (Å²) in [5.41, 5.74) is 1.40. The second kappa shape index (κ2) is 4.54. The van der Waals surface area contributed by atoms with E-state index in [0.717, 1.165) is 10.4 Å². The van der Waals surface area contributed by atoms with Crippen molar-refractivity contribution in [2.75, 3.05) is 5.32 Å². The first-order valence-corrected chi connectivity index (χ1v) is 7.78. The first-order chi connectivity index (χ1) is 9.79. The molecule has 0 aliphatic rings. The van der Waals surface area contributed by atoms with Crippen LogP contribution in [0, 0.1) is 5.82 Å². The summed E-state index contributed by atoms with van der Waals surface area (Å²) in [4.78, 5) is 4.31. The molecule has 4 aromatic rings. The molecule has 98 valence electrons. The summed E-state index contributed by atoms with van der Waals surface area (Å²) >= 11 is 3.17. The van der Waals surface area contributed by atoms with Crippen molar-refractivity contribution < 1.29 is 4.39 Å². The highest BCUT2D eigenvalue weighted by molar-refractivity contribution is 7.22. The maximum absolute atomic E-state index is 13.6. The Hall–Kier alpha value is -1.98. The lowest BCUT2D eigenvalue weighted by molar-refractivity contribution is 0.637. The van der Waals surface area contributed by atoms with Crippen molar-refractivity contribution in [2.24, 2.45) is 0 Å². The van der Waals surface area contributed by atoms with E-state index in [1.807, 2.05) is 12.1 Å². The Labute approximate surface area is 122 Å². The van der Waals surface area contributed by atoms with Gasteiger partial charge in [0.15, 0.2) is 5.13 Å². The molecule has 0 radical (unpaired) electrons. The van der Waals surface area contributed by atoms with Crippen LogP contribution < -0.4 is 5.32 Å². The van der Waals surface area contributed by atoms with Crippen LogP contribution in [0.5, 0.6) is 0 Å². The minimum Gasteiger partial charge on any atom is -0.331 e. The number of fused-ring (bicyclic) bond motifs is 2. The second-order valence-electron chi connectivity index (χ2n) is 4.40. The molecule has 2 aromatic carbocycles. The van der Waals surface area contributed by atoms with Crippen LogP contribution in [0.2, 0.25) is 0 Å². The van der Waals surface area contributed by atoms with E-state index in [-0.39, 0.29) is 5.82 Å². The number of thiazole rings is 1. The molecule has 2 heterocycles.